The van der Waals surface area contributed by atoms with Crippen LogP contribution in [0.1, 0.15) is 30.9 Å². The van der Waals surface area contributed by atoms with Gasteiger partial charge in [0.2, 0.25) is 0 Å². The van der Waals surface area contributed by atoms with Crippen LogP contribution in [0.3, 0.4) is 0 Å². The first-order valence-electron chi connectivity index (χ1n) is 6.66. The van der Waals surface area contributed by atoms with Crippen LogP contribution in [0.15, 0.2) is 18.2 Å². The number of halogens is 1. The molecule has 108 valence electrons. The molecule has 0 aliphatic carbocycles. The summed E-state index contributed by atoms with van der Waals surface area (Å²) in [4.78, 5) is 25.1. The zero-order valence-corrected chi connectivity index (χ0v) is 11.4. The highest BCUT2D eigenvalue weighted by Gasteiger charge is 2.37. The third-order valence-electron chi connectivity index (χ3n) is 3.40. The maximum Gasteiger partial charge on any atom is 0.325 e. The van der Waals surface area contributed by atoms with E-state index < -0.39 is 12.1 Å². The van der Waals surface area contributed by atoms with Crippen molar-refractivity contribution in [1.29, 1.82) is 0 Å². The average molecular weight is 279 g/mol. The van der Waals surface area contributed by atoms with E-state index in [1.54, 1.807) is 6.07 Å². The summed E-state index contributed by atoms with van der Waals surface area (Å²) in [6, 6.07) is 3.34. The van der Waals surface area contributed by atoms with Gasteiger partial charge in [0.05, 0.1) is 6.54 Å². The van der Waals surface area contributed by atoms with E-state index >= 15 is 0 Å². The molecule has 3 amide bonds. The number of benzene rings is 1. The van der Waals surface area contributed by atoms with Crippen LogP contribution in [0.2, 0.25) is 0 Å². The summed E-state index contributed by atoms with van der Waals surface area (Å²) in [7, 11) is 0. The van der Waals surface area contributed by atoms with Crippen LogP contribution < -0.4 is 11.1 Å². The van der Waals surface area contributed by atoms with Crippen LogP contribution in [-0.4, -0.2) is 22.9 Å². The number of carbonyl (C=O) groups excluding carboxylic acids is 2. The zero-order valence-electron chi connectivity index (χ0n) is 11.4. The summed E-state index contributed by atoms with van der Waals surface area (Å²) in [5.41, 5.74) is 6.86. The molecule has 5 nitrogen and oxygen atoms in total. The Labute approximate surface area is 116 Å². The predicted molar refractivity (Wildman–Crippen MR) is 72.1 cm³/mol. The Morgan fingerprint density at radius 1 is 1.35 bits per heavy atom. The Hall–Kier alpha value is -1.95. The lowest BCUT2D eigenvalue weighted by Crippen LogP contribution is -2.31. The molecule has 1 heterocycles. The van der Waals surface area contributed by atoms with E-state index in [0.717, 1.165) is 11.3 Å². The van der Waals surface area contributed by atoms with Gasteiger partial charge in [0, 0.05) is 6.54 Å². The minimum Gasteiger partial charge on any atom is -0.326 e. The largest absolute Gasteiger partial charge is 0.326 e. The maximum absolute atomic E-state index is 13.1. The molecule has 1 saturated heterocycles. The van der Waals surface area contributed by atoms with Crippen molar-refractivity contribution in [2.45, 2.75) is 38.9 Å². The molecular formula is C14H18FN3O2. The minimum atomic E-state index is -0.450. The summed E-state index contributed by atoms with van der Waals surface area (Å²) in [6.07, 6.45) is 1.43. The molecule has 1 unspecified atom stereocenters. The van der Waals surface area contributed by atoms with Gasteiger partial charge in [-0.1, -0.05) is 19.4 Å². The molecule has 0 bridgehead atoms. The molecular weight excluding hydrogens is 261 g/mol. The van der Waals surface area contributed by atoms with E-state index in [4.69, 9.17) is 5.73 Å². The lowest BCUT2D eigenvalue weighted by molar-refractivity contribution is -0.128. The van der Waals surface area contributed by atoms with Crippen molar-refractivity contribution in [3.05, 3.63) is 35.1 Å². The third-order valence-corrected chi connectivity index (χ3v) is 3.40. The number of nitrogens with zero attached hydrogens (tertiary/aromatic N) is 1. The fourth-order valence-electron chi connectivity index (χ4n) is 2.32. The summed E-state index contributed by atoms with van der Waals surface area (Å²) in [5.74, 6) is -0.612. The van der Waals surface area contributed by atoms with Gasteiger partial charge in [-0.3, -0.25) is 9.69 Å². The topological polar surface area (TPSA) is 75.4 Å². The van der Waals surface area contributed by atoms with Gasteiger partial charge in [0.1, 0.15) is 11.9 Å². The first-order chi connectivity index (χ1) is 9.56. The Morgan fingerprint density at radius 3 is 2.75 bits per heavy atom. The van der Waals surface area contributed by atoms with Crippen LogP contribution in [-0.2, 0) is 17.9 Å². The lowest BCUT2D eigenvalue weighted by atomic mass is 10.1. The van der Waals surface area contributed by atoms with E-state index in [1.165, 1.54) is 12.1 Å². The molecule has 0 spiro atoms. The quantitative estimate of drug-likeness (QED) is 0.802. The maximum atomic E-state index is 13.1. The van der Waals surface area contributed by atoms with Gasteiger partial charge in [0.15, 0.2) is 0 Å². The van der Waals surface area contributed by atoms with Crippen molar-refractivity contribution < 1.29 is 14.0 Å². The minimum absolute atomic E-state index is 0.123. The highest BCUT2D eigenvalue weighted by atomic mass is 19.1. The fraction of sp³-hybridized carbons (Fsp3) is 0.429. The SMILES string of the molecule is CCCC1NC(=O)N(Cc2ccc(F)cc2CN)C1=O. The molecule has 0 radical (unpaired) electrons. The predicted octanol–water partition coefficient (Wildman–Crippen LogP) is 1.50. The van der Waals surface area contributed by atoms with E-state index in [1.807, 2.05) is 6.92 Å². The van der Waals surface area contributed by atoms with Crippen molar-refractivity contribution in [3.63, 3.8) is 0 Å². The van der Waals surface area contributed by atoms with E-state index in [9.17, 15) is 14.0 Å². The first-order valence-corrected chi connectivity index (χ1v) is 6.66. The van der Waals surface area contributed by atoms with Crippen LogP contribution in [0.4, 0.5) is 9.18 Å². The molecule has 1 fully saturated rings. The second-order valence-corrected chi connectivity index (χ2v) is 4.83. The molecule has 0 aromatic heterocycles. The number of amides is 3. The molecule has 1 aliphatic rings. The second kappa shape index (κ2) is 6.00. The van der Waals surface area contributed by atoms with Crippen molar-refractivity contribution in [3.8, 4) is 0 Å². The molecule has 1 aliphatic heterocycles. The average Bonchev–Trinajstić information content (AvgIpc) is 2.68. The van der Waals surface area contributed by atoms with Crippen LogP contribution in [0, 0.1) is 5.82 Å². The number of rotatable bonds is 5. The molecule has 1 aromatic rings. The summed E-state index contributed by atoms with van der Waals surface area (Å²) in [6.45, 7) is 2.24. The number of nitrogens with two attached hydrogens (primary N) is 1. The molecule has 1 aromatic carbocycles. The molecule has 20 heavy (non-hydrogen) atoms. The van der Waals surface area contributed by atoms with Crippen LogP contribution in [0.25, 0.3) is 0 Å². The molecule has 0 saturated carbocycles. The van der Waals surface area contributed by atoms with Gasteiger partial charge in [-0.25, -0.2) is 9.18 Å². The lowest BCUT2D eigenvalue weighted by Gasteiger charge is -2.15. The van der Waals surface area contributed by atoms with Crippen molar-refractivity contribution >= 4 is 11.9 Å². The van der Waals surface area contributed by atoms with E-state index in [0.29, 0.717) is 17.5 Å². The van der Waals surface area contributed by atoms with Crippen LogP contribution in [0.5, 0.6) is 0 Å². The normalized spacial score (nSPS) is 18.6. The van der Waals surface area contributed by atoms with Gasteiger partial charge in [-0.15, -0.1) is 0 Å². The number of imide groups is 1. The van der Waals surface area contributed by atoms with Gasteiger partial charge in [0.25, 0.3) is 5.91 Å². The number of carbonyl (C=O) groups is 2. The van der Waals surface area contributed by atoms with Crippen molar-refractivity contribution in [1.82, 2.24) is 10.2 Å². The summed E-state index contributed by atoms with van der Waals surface area (Å²) < 4.78 is 13.1. The molecule has 6 heteroatoms. The van der Waals surface area contributed by atoms with Gasteiger partial charge in [-0.05, 0) is 29.7 Å². The first kappa shape index (κ1) is 14.5. The number of hydrogen-bond acceptors (Lipinski definition) is 3. The summed E-state index contributed by atoms with van der Waals surface area (Å²) in [5, 5.41) is 2.66. The monoisotopic (exact) mass is 279 g/mol. The molecule has 2 rings (SSSR count). The van der Waals surface area contributed by atoms with Crippen molar-refractivity contribution in [2.24, 2.45) is 5.73 Å². The van der Waals surface area contributed by atoms with E-state index in [2.05, 4.69) is 5.32 Å². The van der Waals surface area contributed by atoms with Gasteiger partial charge >= 0.3 is 6.03 Å². The Bertz CT molecular complexity index is 533. The molecule has 3 N–H and O–H groups in total. The number of hydrogen-bond donors (Lipinski definition) is 2. The fourth-order valence-corrected chi connectivity index (χ4v) is 2.32. The highest BCUT2D eigenvalue weighted by Crippen LogP contribution is 2.18. The Morgan fingerprint density at radius 2 is 2.10 bits per heavy atom. The van der Waals surface area contributed by atoms with Crippen LogP contribution >= 0.6 is 0 Å². The third kappa shape index (κ3) is 2.80. The highest BCUT2D eigenvalue weighted by molar-refractivity contribution is 6.04. The number of urea groups is 1. The Kier molecular flexibility index (Phi) is 4.34. The number of nitrogens with one attached hydrogen (secondary N) is 1. The standard InChI is InChI=1S/C14H18FN3O2/c1-2-3-12-13(19)18(14(20)17-12)8-9-4-5-11(15)6-10(9)7-16/h4-6,12H,2-3,7-8,16H2,1H3,(H,17,20). The smallest absolute Gasteiger partial charge is 0.325 e. The van der Waals surface area contributed by atoms with Gasteiger partial charge in [-0.2, -0.15) is 0 Å². The molecule has 1 atom stereocenters. The second-order valence-electron chi connectivity index (χ2n) is 4.83. The Balaban J connectivity index is 2.18. The zero-order chi connectivity index (χ0) is 14.7. The van der Waals surface area contributed by atoms with E-state index in [-0.39, 0.29) is 24.8 Å². The van der Waals surface area contributed by atoms with Gasteiger partial charge < -0.3 is 11.1 Å². The van der Waals surface area contributed by atoms with Crippen molar-refractivity contribution in [2.75, 3.05) is 0 Å². The summed E-state index contributed by atoms with van der Waals surface area (Å²) >= 11 is 0.